The van der Waals surface area contributed by atoms with Gasteiger partial charge in [0.05, 0.1) is 11.8 Å². The highest BCUT2D eigenvalue weighted by Crippen LogP contribution is 2.23. The van der Waals surface area contributed by atoms with Gasteiger partial charge in [0.15, 0.2) is 5.82 Å². The minimum Gasteiger partial charge on any atom is -0.370 e. The van der Waals surface area contributed by atoms with Crippen LogP contribution in [0, 0.1) is 20.8 Å². The van der Waals surface area contributed by atoms with Crippen LogP contribution >= 0.6 is 0 Å². The topological polar surface area (TPSA) is 55.6 Å². The van der Waals surface area contributed by atoms with E-state index >= 15 is 0 Å². The third-order valence-electron chi connectivity index (χ3n) is 3.21. The Bertz CT molecular complexity index is 571. The molecule has 0 aliphatic rings. The predicted molar refractivity (Wildman–Crippen MR) is 72.6 cm³/mol. The van der Waals surface area contributed by atoms with Crippen molar-refractivity contribution >= 4 is 5.82 Å². The minimum atomic E-state index is 0.736. The van der Waals surface area contributed by atoms with Crippen molar-refractivity contribution in [3.63, 3.8) is 0 Å². The molecule has 0 spiro atoms. The molecule has 0 bridgehead atoms. The molecule has 0 aromatic carbocycles. The maximum atomic E-state index is 4.59. The van der Waals surface area contributed by atoms with Crippen molar-refractivity contribution in [2.75, 3.05) is 11.9 Å². The molecule has 0 unspecified atom stereocenters. The first-order valence-corrected chi connectivity index (χ1v) is 6.12. The van der Waals surface area contributed by atoms with E-state index in [2.05, 4.69) is 27.3 Å². The fraction of sp³-hybridized carbons (Fsp3) is 0.462. The molecular formula is C13H19N5. The van der Waals surface area contributed by atoms with Gasteiger partial charge >= 0.3 is 0 Å². The van der Waals surface area contributed by atoms with Crippen molar-refractivity contribution in [3.05, 3.63) is 23.1 Å². The second-order valence-electron chi connectivity index (χ2n) is 4.40. The van der Waals surface area contributed by atoms with Crippen molar-refractivity contribution in [1.82, 2.24) is 19.7 Å². The minimum absolute atomic E-state index is 0.736. The van der Waals surface area contributed by atoms with Gasteiger partial charge in [0, 0.05) is 30.5 Å². The molecule has 0 saturated carbocycles. The Morgan fingerprint density at radius 1 is 1.22 bits per heavy atom. The van der Waals surface area contributed by atoms with Crippen LogP contribution in [-0.2, 0) is 7.05 Å². The lowest BCUT2D eigenvalue weighted by atomic mass is 10.2. The lowest BCUT2D eigenvalue weighted by Gasteiger charge is -2.10. The first-order valence-electron chi connectivity index (χ1n) is 6.12. The van der Waals surface area contributed by atoms with E-state index in [1.54, 1.807) is 0 Å². The zero-order valence-electron chi connectivity index (χ0n) is 11.6. The molecule has 2 aromatic rings. The molecule has 2 heterocycles. The summed E-state index contributed by atoms with van der Waals surface area (Å²) >= 11 is 0. The summed E-state index contributed by atoms with van der Waals surface area (Å²) < 4.78 is 1.83. The van der Waals surface area contributed by atoms with Crippen LogP contribution < -0.4 is 5.32 Å². The summed E-state index contributed by atoms with van der Waals surface area (Å²) in [5.41, 5.74) is 4.15. The van der Waals surface area contributed by atoms with E-state index < -0.39 is 0 Å². The van der Waals surface area contributed by atoms with E-state index in [1.807, 2.05) is 38.7 Å². The molecule has 18 heavy (non-hydrogen) atoms. The lowest BCUT2D eigenvalue weighted by Crippen LogP contribution is -2.06. The fourth-order valence-corrected chi connectivity index (χ4v) is 1.81. The first kappa shape index (κ1) is 12.5. The molecule has 2 aromatic heterocycles. The number of rotatable bonds is 3. The van der Waals surface area contributed by atoms with E-state index in [0.717, 1.165) is 40.7 Å². The number of nitrogens with one attached hydrogen (secondary N) is 1. The zero-order valence-corrected chi connectivity index (χ0v) is 11.6. The van der Waals surface area contributed by atoms with Crippen molar-refractivity contribution in [2.45, 2.75) is 27.7 Å². The zero-order chi connectivity index (χ0) is 13.3. The van der Waals surface area contributed by atoms with Crippen molar-refractivity contribution in [1.29, 1.82) is 0 Å². The van der Waals surface area contributed by atoms with Gasteiger partial charge in [-0.05, 0) is 27.7 Å². The third-order valence-corrected chi connectivity index (χ3v) is 3.21. The van der Waals surface area contributed by atoms with Crippen LogP contribution in [0.5, 0.6) is 0 Å². The van der Waals surface area contributed by atoms with Crippen LogP contribution in [0.4, 0.5) is 5.82 Å². The van der Waals surface area contributed by atoms with Gasteiger partial charge in [-0.2, -0.15) is 5.10 Å². The van der Waals surface area contributed by atoms with Crippen molar-refractivity contribution < 1.29 is 0 Å². The molecular weight excluding hydrogens is 226 g/mol. The Kier molecular flexibility index (Phi) is 3.32. The van der Waals surface area contributed by atoms with Crippen LogP contribution in [0.15, 0.2) is 6.20 Å². The van der Waals surface area contributed by atoms with Crippen LogP contribution in [0.1, 0.15) is 23.9 Å². The van der Waals surface area contributed by atoms with E-state index in [4.69, 9.17) is 0 Å². The van der Waals surface area contributed by atoms with Crippen LogP contribution in [0.25, 0.3) is 11.4 Å². The van der Waals surface area contributed by atoms with Gasteiger partial charge in [0.1, 0.15) is 5.82 Å². The number of aryl methyl sites for hydroxylation is 2. The second-order valence-corrected chi connectivity index (χ2v) is 4.40. The lowest BCUT2D eigenvalue weighted by molar-refractivity contribution is 0.740. The highest BCUT2D eigenvalue weighted by molar-refractivity contribution is 5.61. The maximum Gasteiger partial charge on any atom is 0.165 e. The van der Waals surface area contributed by atoms with Crippen molar-refractivity contribution in [2.24, 2.45) is 7.05 Å². The maximum absolute atomic E-state index is 4.59. The Morgan fingerprint density at radius 3 is 2.50 bits per heavy atom. The quantitative estimate of drug-likeness (QED) is 0.901. The molecule has 0 fully saturated rings. The van der Waals surface area contributed by atoms with Gasteiger partial charge in [0.2, 0.25) is 0 Å². The van der Waals surface area contributed by atoms with Crippen LogP contribution in [0.3, 0.4) is 0 Å². The molecule has 0 amide bonds. The fourth-order valence-electron chi connectivity index (χ4n) is 1.81. The van der Waals surface area contributed by atoms with Gasteiger partial charge in [0.25, 0.3) is 0 Å². The molecule has 5 nitrogen and oxygen atoms in total. The summed E-state index contributed by atoms with van der Waals surface area (Å²) in [6.45, 7) is 8.97. The number of hydrogen-bond acceptors (Lipinski definition) is 4. The third kappa shape index (κ3) is 2.08. The number of aromatic nitrogens is 4. The molecule has 96 valence electrons. The van der Waals surface area contributed by atoms with Gasteiger partial charge in [-0.25, -0.2) is 9.97 Å². The predicted octanol–water partition coefficient (Wildman–Crippen LogP) is 2.23. The summed E-state index contributed by atoms with van der Waals surface area (Å²) in [5, 5.41) is 7.51. The summed E-state index contributed by atoms with van der Waals surface area (Å²) in [7, 11) is 1.92. The van der Waals surface area contributed by atoms with Crippen molar-refractivity contribution in [3.8, 4) is 11.4 Å². The Labute approximate surface area is 107 Å². The monoisotopic (exact) mass is 245 g/mol. The largest absolute Gasteiger partial charge is 0.370 e. The molecule has 2 rings (SSSR count). The average molecular weight is 245 g/mol. The van der Waals surface area contributed by atoms with Crippen LogP contribution in [0.2, 0.25) is 0 Å². The van der Waals surface area contributed by atoms with E-state index in [1.165, 1.54) is 0 Å². The van der Waals surface area contributed by atoms with E-state index in [9.17, 15) is 0 Å². The molecule has 1 N–H and O–H groups in total. The first-order chi connectivity index (χ1) is 8.54. The van der Waals surface area contributed by atoms with Gasteiger partial charge in [-0.15, -0.1) is 0 Å². The Morgan fingerprint density at radius 2 is 1.94 bits per heavy atom. The van der Waals surface area contributed by atoms with E-state index in [0.29, 0.717) is 0 Å². The van der Waals surface area contributed by atoms with Gasteiger partial charge in [-0.3, -0.25) is 4.68 Å². The Balaban J connectivity index is 2.55. The number of nitrogens with zero attached hydrogens (tertiary/aromatic N) is 4. The smallest absolute Gasteiger partial charge is 0.165 e. The molecule has 0 aliphatic heterocycles. The Hall–Kier alpha value is -1.91. The van der Waals surface area contributed by atoms with E-state index in [-0.39, 0.29) is 0 Å². The summed E-state index contributed by atoms with van der Waals surface area (Å²) in [6.07, 6.45) is 1.81. The average Bonchev–Trinajstić information content (AvgIpc) is 2.66. The second kappa shape index (κ2) is 4.76. The number of anilines is 1. The van der Waals surface area contributed by atoms with Gasteiger partial charge < -0.3 is 5.32 Å². The molecule has 0 aliphatic carbocycles. The molecule has 0 saturated heterocycles. The summed E-state index contributed by atoms with van der Waals surface area (Å²) in [4.78, 5) is 9.15. The molecule has 5 heteroatoms. The standard InChI is InChI=1S/C13H19N5/c1-6-14-12-8(2)9(3)16-13(17-12)11-7-15-18(5)10(11)4/h7H,6H2,1-5H3,(H,14,16,17). The molecule has 0 atom stereocenters. The SMILES string of the molecule is CCNc1nc(-c2cnn(C)c2C)nc(C)c1C. The highest BCUT2D eigenvalue weighted by atomic mass is 15.3. The molecule has 0 radical (unpaired) electrons. The van der Waals surface area contributed by atoms with Crippen LogP contribution in [-0.4, -0.2) is 26.3 Å². The summed E-state index contributed by atoms with van der Waals surface area (Å²) in [6, 6.07) is 0. The normalized spacial score (nSPS) is 10.7. The summed E-state index contributed by atoms with van der Waals surface area (Å²) in [5.74, 6) is 1.64. The highest BCUT2D eigenvalue weighted by Gasteiger charge is 2.13. The number of hydrogen-bond donors (Lipinski definition) is 1. The van der Waals surface area contributed by atoms with Gasteiger partial charge in [-0.1, -0.05) is 0 Å².